The van der Waals surface area contributed by atoms with Gasteiger partial charge in [-0.15, -0.1) is 0 Å². The molecular formula is C12H10N2O7S3. The number of hydrogen-bond acceptors (Lipinski definition) is 8. The number of nitro benzene ring substituents is 1. The van der Waals surface area contributed by atoms with E-state index in [9.17, 15) is 28.4 Å². The molecule has 0 saturated carbocycles. The van der Waals surface area contributed by atoms with Gasteiger partial charge in [-0.25, -0.2) is 0 Å². The van der Waals surface area contributed by atoms with Crippen LogP contribution in [-0.2, 0) is 14.9 Å². The highest BCUT2D eigenvalue weighted by atomic mass is 32.2. The smallest absolute Gasteiger partial charge is 0.270 e. The van der Waals surface area contributed by atoms with Gasteiger partial charge in [0.05, 0.1) is 15.6 Å². The van der Waals surface area contributed by atoms with E-state index >= 15 is 0 Å². The van der Waals surface area contributed by atoms with E-state index in [4.69, 9.17) is 16.8 Å². The van der Waals surface area contributed by atoms with Crippen molar-refractivity contribution in [2.24, 2.45) is 0 Å². The lowest BCUT2D eigenvalue weighted by molar-refractivity contribution is -0.384. The zero-order valence-corrected chi connectivity index (χ0v) is 14.2. The van der Waals surface area contributed by atoms with Crippen molar-refractivity contribution in [1.82, 2.24) is 4.90 Å². The number of amides is 1. The highest BCUT2D eigenvalue weighted by Gasteiger charge is 2.32. The summed E-state index contributed by atoms with van der Waals surface area (Å²) < 4.78 is 30.4. The molecule has 1 saturated heterocycles. The third-order valence-electron chi connectivity index (χ3n) is 2.95. The summed E-state index contributed by atoms with van der Waals surface area (Å²) in [4.78, 5) is 23.4. The third kappa shape index (κ3) is 4.29. The lowest BCUT2D eigenvalue weighted by Gasteiger charge is -2.12. The van der Waals surface area contributed by atoms with Gasteiger partial charge < -0.3 is 5.11 Å². The fourth-order valence-corrected chi connectivity index (χ4v) is 3.52. The van der Waals surface area contributed by atoms with Crippen molar-refractivity contribution < 1.29 is 27.8 Å². The van der Waals surface area contributed by atoms with Gasteiger partial charge in [-0.05, 0) is 12.1 Å². The highest BCUT2D eigenvalue weighted by Crippen LogP contribution is 2.34. The van der Waals surface area contributed by atoms with E-state index < -0.39 is 26.7 Å². The van der Waals surface area contributed by atoms with Crippen molar-refractivity contribution in [2.45, 2.75) is 0 Å². The molecular weight excluding hydrogens is 380 g/mol. The molecule has 1 heterocycles. The maximum absolute atomic E-state index is 12.2. The van der Waals surface area contributed by atoms with Gasteiger partial charge in [-0.1, -0.05) is 24.0 Å². The first kappa shape index (κ1) is 18.3. The molecule has 0 unspecified atom stereocenters. The first-order valence-electron chi connectivity index (χ1n) is 6.26. The highest BCUT2D eigenvalue weighted by molar-refractivity contribution is 8.26. The molecule has 2 N–H and O–H groups in total. The van der Waals surface area contributed by atoms with Crippen LogP contribution in [0.15, 0.2) is 23.1 Å². The molecule has 24 heavy (non-hydrogen) atoms. The quantitative estimate of drug-likeness (QED) is 0.251. The number of nitrogens with zero attached hydrogens (tertiary/aromatic N) is 2. The van der Waals surface area contributed by atoms with Crippen molar-refractivity contribution in [2.75, 3.05) is 12.3 Å². The normalized spacial score (nSPS) is 16.9. The Labute approximate surface area is 145 Å². The number of non-ortho nitro benzene ring substituents is 1. The number of rotatable bonds is 5. The molecule has 2 rings (SSSR count). The van der Waals surface area contributed by atoms with E-state index in [1.165, 1.54) is 6.08 Å². The van der Waals surface area contributed by atoms with Crippen LogP contribution >= 0.6 is 24.0 Å². The van der Waals surface area contributed by atoms with Crippen LogP contribution in [0.3, 0.4) is 0 Å². The van der Waals surface area contributed by atoms with Crippen molar-refractivity contribution in [3.63, 3.8) is 0 Å². The lowest BCUT2D eigenvalue weighted by Crippen LogP contribution is -2.32. The summed E-state index contributed by atoms with van der Waals surface area (Å²) in [7, 11) is -4.25. The number of thioether (sulfide) groups is 1. The van der Waals surface area contributed by atoms with Crippen LogP contribution in [0.25, 0.3) is 6.08 Å². The monoisotopic (exact) mass is 390 g/mol. The van der Waals surface area contributed by atoms with Crippen molar-refractivity contribution in [1.29, 1.82) is 0 Å². The van der Waals surface area contributed by atoms with Gasteiger partial charge in [0.1, 0.15) is 10.1 Å². The number of carbonyl (C=O) groups is 1. The maximum atomic E-state index is 12.2. The Balaban J connectivity index is 2.29. The second-order valence-electron chi connectivity index (χ2n) is 4.62. The zero-order chi connectivity index (χ0) is 18.1. The van der Waals surface area contributed by atoms with Crippen LogP contribution < -0.4 is 0 Å². The molecule has 9 nitrogen and oxygen atoms in total. The first-order chi connectivity index (χ1) is 11.1. The Morgan fingerprint density at radius 3 is 2.67 bits per heavy atom. The molecule has 1 amide bonds. The summed E-state index contributed by atoms with van der Waals surface area (Å²) >= 11 is 5.84. The second kappa shape index (κ2) is 6.84. The van der Waals surface area contributed by atoms with Gasteiger partial charge in [0, 0.05) is 24.2 Å². The molecule has 0 radical (unpaired) electrons. The Kier molecular flexibility index (Phi) is 5.22. The molecule has 0 bridgehead atoms. The summed E-state index contributed by atoms with van der Waals surface area (Å²) in [6.45, 7) is -0.318. The van der Waals surface area contributed by atoms with Gasteiger partial charge >= 0.3 is 0 Å². The molecule has 12 heteroatoms. The van der Waals surface area contributed by atoms with Crippen LogP contribution in [0.1, 0.15) is 5.56 Å². The topological polar surface area (TPSA) is 138 Å². The largest absolute Gasteiger partial charge is 0.507 e. The number of phenolic OH excluding ortho intramolecular Hbond substituents is 1. The van der Waals surface area contributed by atoms with Crippen LogP contribution in [0.4, 0.5) is 5.69 Å². The Morgan fingerprint density at radius 2 is 2.08 bits per heavy atom. The minimum Gasteiger partial charge on any atom is -0.507 e. The first-order valence-corrected chi connectivity index (χ1v) is 9.10. The number of phenols is 1. The number of thiocarbonyl (C=S) groups is 1. The molecule has 1 fully saturated rings. The molecule has 1 aromatic rings. The minimum absolute atomic E-state index is 0.0551. The van der Waals surface area contributed by atoms with Crippen LogP contribution in [0.2, 0.25) is 0 Å². The SMILES string of the molecule is O=C1/C(=C/c2cc([N+](=O)[O-])ccc2O)SC(=S)N1CCS(=O)(=O)O. The van der Waals surface area contributed by atoms with Crippen molar-refractivity contribution in [3.8, 4) is 5.75 Å². The Bertz CT molecular complexity index is 863. The predicted molar refractivity (Wildman–Crippen MR) is 91.1 cm³/mol. The average Bonchev–Trinajstić information content (AvgIpc) is 2.72. The zero-order valence-electron chi connectivity index (χ0n) is 11.8. The molecule has 0 atom stereocenters. The van der Waals surface area contributed by atoms with Gasteiger partial charge in [-0.2, -0.15) is 8.42 Å². The van der Waals surface area contributed by atoms with E-state index in [1.807, 2.05) is 0 Å². The second-order valence-corrected chi connectivity index (χ2v) is 7.87. The maximum Gasteiger partial charge on any atom is 0.270 e. The molecule has 0 aliphatic carbocycles. The number of benzene rings is 1. The van der Waals surface area contributed by atoms with E-state index in [0.29, 0.717) is 0 Å². The number of aromatic hydroxyl groups is 1. The van der Waals surface area contributed by atoms with E-state index in [1.54, 1.807) is 0 Å². The standard InChI is InChI=1S/C12H10N2O7S3/c15-9-2-1-8(14(17)18)5-7(9)6-10-11(16)13(12(22)23-10)3-4-24(19,20)21/h1-2,5-6,15H,3-4H2,(H,19,20,21)/b10-6-. The van der Waals surface area contributed by atoms with Crippen LogP contribution in [-0.4, -0.2) is 50.4 Å². The fourth-order valence-electron chi connectivity index (χ4n) is 1.81. The minimum atomic E-state index is -4.25. The van der Waals surface area contributed by atoms with Gasteiger partial charge in [0.25, 0.3) is 21.7 Å². The predicted octanol–water partition coefficient (Wildman–Crippen LogP) is 1.39. The molecule has 1 aliphatic heterocycles. The van der Waals surface area contributed by atoms with Gasteiger partial charge in [0.2, 0.25) is 0 Å². The third-order valence-corrected chi connectivity index (χ3v) is 5.03. The molecule has 0 aromatic heterocycles. The summed E-state index contributed by atoms with van der Waals surface area (Å²) in [5.74, 6) is -1.54. The number of nitro groups is 1. The molecule has 128 valence electrons. The summed E-state index contributed by atoms with van der Waals surface area (Å²) in [5, 5.41) is 20.5. The Hall–Kier alpha value is -2.02. The van der Waals surface area contributed by atoms with Crippen molar-refractivity contribution >= 4 is 56.1 Å². The number of carbonyl (C=O) groups excluding carboxylic acids is 1. The average molecular weight is 390 g/mol. The van der Waals surface area contributed by atoms with E-state index in [-0.39, 0.29) is 32.8 Å². The van der Waals surface area contributed by atoms with Crippen LogP contribution in [0, 0.1) is 10.1 Å². The fraction of sp³-hybridized carbons (Fsp3) is 0.167. The van der Waals surface area contributed by atoms with Gasteiger partial charge in [0.15, 0.2) is 0 Å². The molecule has 1 aromatic carbocycles. The lowest BCUT2D eigenvalue weighted by atomic mass is 10.1. The number of hydrogen-bond donors (Lipinski definition) is 2. The summed E-state index contributed by atoms with van der Waals surface area (Å²) in [5.41, 5.74) is -0.208. The molecule has 0 spiro atoms. The Morgan fingerprint density at radius 1 is 1.42 bits per heavy atom. The van der Waals surface area contributed by atoms with E-state index in [2.05, 4.69) is 0 Å². The summed E-state index contributed by atoms with van der Waals surface area (Å²) in [6, 6.07) is 3.34. The summed E-state index contributed by atoms with van der Waals surface area (Å²) in [6.07, 6.45) is 1.23. The van der Waals surface area contributed by atoms with Crippen molar-refractivity contribution in [3.05, 3.63) is 38.8 Å². The van der Waals surface area contributed by atoms with Gasteiger partial charge in [-0.3, -0.25) is 24.4 Å². The van der Waals surface area contributed by atoms with E-state index in [0.717, 1.165) is 34.9 Å². The molecule has 1 aliphatic rings. The van der Waals surface area contributed by atoms with Crippen LogP contribution in [0.5, 0.6) is 5.75 Å².